The van der Waals surface area contributed by atoms with Gasteiger partial charge in [-0.15, -0.1) is 11.3 Å². The lowest BCUT2D eigenvalue weighted by Gasteiger charge is -2.08. The number of nitrogens with zero attached hydrogens (tertiary/aromatic N) is 3. The Balaban J connectivity index is 2.14. The SMILES string of the molecule is Cc1ccc(-c2nccs2)cc1-c1cc(C(=O)O)nn1C. The van der Waals surface area contributed by atoms with Crippen LogP contribution in [0.2, 0.25) is 0 Å². The van der Waals surface area contributed by atoms with Crippen LogP contribution in [0.25, 0.3) is 21.8 Å². The summed E-state index contributed by atoms with van der Waals surface area (Å²) in [6.07, 6.45) is 1.77. The second-order valence-electron chi connectivity index (χ2n) is 4.71. The zero-order valence-corrected chi connectivity index (χ0v) is 12.4. The van der Waals surface area contributed by atoms with Crippen LogP contribution < -0.4 is 0 Å². The van der Waals surface area contributed by atoms with Gasteiger partial charge in [-0.25, -0.2) is 9.78 Å². The van der Waals surface area contributed by atoms with Gasteiger partial charge in [0, 0.05) is 29.8 Å². The molecule has 21 heavy (non-hydrogen) atoms. The molecule has 0 atom stereocenters. The molecule has 0 bridgehead atoms. The van der Waals surface area contributed by atoms with Gasteiger partial charge >= 0.3 is 5.97 Å². The van der Waals surface area contributed by atoms with Crippen LogP contribution in [0.1, 0.15) is 16.1 Å². The van der Waals surface area contributed by atoms with Crippen LogP contribution in [-0.2, 0) is 7.05 Å². The zero-order chi connectivity index (χ0) is 15.0. The Labute approximate surface area is 125 Å². The van der Waals surface area contributed by atoms with Crippen LogP contribution in [-0.4, -0.2) is 25.8 Å². The van der Waals surface area contributed by atoms with E-state index in [0.717, 1.165) is 27.4 Å². The maximum atomic E-state index is 11.1. The molecule has 0 unspecified atom stereocenters. The van der Waals surface area contributed by atoms with E-state index < -0.39 is 5.97 Å². The minimum Gasteiger partial charge on any atom is -0.476 e. The third kappa shape index (κ3) is 2.45. The molecule has 2 aromatic heterocycles. The second-order valence-corrected chi connectivity index (χ2v) is 5.61. The Kier molecular flexibility index (Phi) is 3.31. The van der Waals surface area contributed by atoms with E-state index in [9.17, 15) is 4.79 Å². The molecule has 0 aliphatic heterocycles. The third-order valence-electron chi connectivity index (χ3n) is 3.29. The monoisotopic (exact) mass is 299 g/mol. The molecule has 0 radical (unpaired) electrons. The third-order valence-corrected chi connectivity index (χ3v) is 4.11. The van der Waals surface area contributed by atoms with Crippen molar-refractivity contribution in [3.8, 4) is 21.8 Å². The lowest BCUT2D eigenvalue weighted by Crippen LogP contribution is -1.99. The topological polar surface area (TPSA) is 68.0 Å². The van der Waals surface area contributed by atoms with Crippen LogP contribution in [0.5, 0.6) is 0 Å². The summed E-state index contributed by atoms with van der Waals surface area (Å²) in [6, 6.07) is 7.65. The predicted octanol–water partition coefficient (Wildman–Crippen LogP) is 3.22. The molecule has 0 saturated heterocycles. The van der Waals surface area contributed by atoms with Gasteiger partial charge in [0.05, 0.1) is 5.69 Å². The highest BCUT2D eigenvalue weighted by Crippen LogP contribution is 2.30. The maximum Gasteiger partial charge on any atom is 0.356 e. The maximum absolute atomic E-state index is 11.1. The Morgan fingerprint density at radius 1 is 1.33 bits per heavy atom. The number of carboxylic acids is 1. The fourth-order valence-corrected chi connectivity index (χ4v) is 2.86. The summed E-state index contributed by atoms with van der Waals surface area (Å²) >= 11 is 1.57. The fourth-order valence-electron chi connectivity index (χ4n) is 2.22. The van der Waals surface area contributed by atoms with Crippen molar-refractivity contribution in [1.82, 2.24) is 14.8 Å². The highest BCUT2D eigenvalue weighted by molar-refractivity contribution is 7.13. The Morgan fingerprint density at radius 2 is 2.14 bits per heavy atom. The van der Waals surface area contributed by atoms with Crippen molar-refractivity contribution in [2.24, 2.45) is 7.05 Å². The molecule has 5 nitrogen and oxygen atoms in total. The van der Waals surface area contributed by atoms with Gasteiger partial charge < -0.3 is 5.11 Å². The molecule has 1 N–H and O–H groups in total. The first-order valence-electron chi connectivity index (χ1n) is 6.34. The molecule has 0 aliphatic carbocycles. The van der Waals surface area contributed by atoms with E-state index in [1.807, 2.05) is 30.5 Å². The number of carbonyl (C=O) groups is 1. The molecule has 3 aromatic rings. The molecule has 0 amide bonds. The average molecular weight is 299 g/mol. The Morgan fingerprint density at radius 3 is 2.76 bits per heavy atom. The number of aromatic nitrogens is 3. The largest absolute Gasteiger partial charge is 0.476 e. The van der Waals surface area contributed by atoms with Crippen LogP contribution in [0, 0.1) is 6.92 Å². The highest BCUT2D eigenvalue weighted by atomic mass is 32.1. The van der Waals surface area contributed by atoms with Gasteiger partial charge in [0.25, 0.3) is 0 Å². The fraction of sp³-hybridized carbons (Fsp3) is 0.133. The quantitative estimate of drug-likeness (QED) is 0.806. The molecule has 0 aliphatic rings. The van der Waals surface area contributed by atoms with Crippen molar-refractivity contribution >= 4 is 17.3 Å². The van der Waals surface area contributed by atoms with E-state index in [-0.39, 0.29) is 5.69 Å². The summed E-state index contributed by atoms with van der Waals surface area (Å²) in [5.41, 5.74) is 3.87. The van der Waals surface area contributed by atoms with Gasteiger partial charge in [-0.2, -0.15) is 5.10 Å². The van der Waals surface area contributed by atoms with Crippen molar-refractivity contribution in [2.75, 3.05) is 0 Å². The lowest BCUT2D eigenvalue weighted by molar-refractivity contribution is 0.0689. The van der Waals surface area contributed by atoms with Crippen LogP contribution in [0.3, 0.4) is 0 Å². The summed E-state index contributed by atoms with van der Waals surface area (Å²) in [7, 11) is 1.75. The summed E-state index contributed by atoms with van der Waals surface area (Å²) in [5, 5.41) is 16.0. The number of thiazole rings is 1. The Bertz CT molecular complexity index is 806. The first-order chi connectivity index (χ1) is 10.1. The number of hydrogen-bond acceptors (Lipinski definition) is 4. The highest BCUT2D eigenvalue weighted by Gasteiger charge is 2.15. The molecule has 3 rings (SSSR count). The molecule has 0 saturated carbocycles. The standard InChI is InChI=1S/C15H13N3O2S/c1-9-3-4-10(14-16-5-6-21-14)7-11(9)13-8-12(15(19)20)17-18(13)2/h3-8H,1-2H3,(H,19,20). The Hall–Kier alpha value is -2.47. The van der Waals surface area contributed by atoms with Crippen molar-refractivity contribution < 1.29 is 9.90 Å². The average Bonchev–Trinajstić information content (AvgIpc) is 3.09. The minimum absolute atomic E-state index is 0.0477. The summed E-state index contributed by atoms with van der Waals surface area (Å²) < 4.78 is 1.59. The van der Waals surface area contributed by atoms with Gasteiger partial charge in [-0.05, 0) is 24.6 Å². The first-order valence-corrected chi connectivity index (χ1v) is 7.22. The van der Waals surface area contributed by atoms with Gasteiger partial charge in [-0.1, -0.05) is 12.1 Å². The van der Waals surface area contributed by atoms with E-state index >= 15 is 0 Å². The first kappa shape index (κ1) is 13.5. The number of aryl methyl sites for hydroxylation is 2. The van der Waals surface area contributed by atoms with E-state index in [4.69, 9.17) is 5.11 Å². The molecular formula is C15H13N3O2S. The van der Waals surface area contributed by atoms with Gasteiger partial charge in [0.15, 0.2) is 5.69 Å². The van der Waals surface area contributed by atoms with E-state index in [1.54, 1.807) is 35.3 Å². The molecule has 0 fully saturated rings. The number of hydrogen-bond donors (Lipinski definition) is 1. The minimum atomic E-state index is -1.02. The van der Waals surface area contributed by atoms with Crippen LogP contribution in [0.4, 0.5) is 0 Å². The van der Waals surface area contributed by atoms with Crippen molar-refractivity contribution in [3.63, 3.8) is 0 Å². The molecule has 1 aromatic carbocycles. The van der Waals surface area contributed by atoms with E-state index in [0.29, 0.717) is 0 Å². The normalized spacial score (nSPS) is 10.8. The molecule has 106 valence electrons. The summed E-state index contributed by atoms with van der Waals surface area (Å²) in [5.74, 6) is -1.02. The number of rotatable bonds is 3. The van der Waals surface area contributed by atoms with Crippen LogP contribution >= 0.6 is 11.3 Å². The van der Waals surface area contributed by atoms with E-state index in [2.05, 4.69) is 10.1 Å². The van der Waals surface area contributed by atoms with Crippen molar-refractivity contribution in [1.29, 1.82) is 0 Å². The molecule has 2 heterocycles. The van der Waals surface area contributed by atoms with E-state index in [1.165, 1.54) is 0 Å². The second kappa shape index (κ2) is 5.14. The predicted molar refractivity (Wildman–Crippen MR) is 81.4 cm³/mol. The molecule has 0 spiro atoms. The lowest BCUT2D eigenvalue weighted by atomic mass is 10.0. The zero-order valence-electron chi connectivity index (χ0n) is 11.6. The summed E-state index contributed by atoms with van der Waals surface area (Å²) in [6.45, 7) is 1.99. The molecule has 6 heteroatoms. The summed E-state index contributed by atoms with van der Waals surface area (Å²) in [4.78, 5) is 15.4. The van der Waals surface area contributed by atoms with Crippen molar-refractivity contribution in [2.45, 2.75) is 6.92 Å². The number of aromatic carboxylic acids is 1. The van der Waals surface area contributed by atoms with Gasteiger partial charge in [0.1, 0.15) is 5.01 Å². The van der Waals surface area contributed by atoms with Gasteiger partial charge in [0.2, 0.25) is 0 Å². The van der Waals surface area contributed by atoms with Crippen LogP contribution in [0.15, 0.2) is 35.8 Å². The van der Waals surface area contributed by atoms with Crippen molar-refractivity contribution in [3.05, 3.63) is 47.1 Å². The smallest absolute Gasteiger partial charge is 0.356 e. The number of benzene rings is 1. The number of carboxylic acid groups (broad SMARTS) is 1. The molecular weight excluding hydrogens is 286 g/mol. The van der Waals surface area contributed by atoms with Gasteiger partial charge in [-0.3, -0.25) is 4.68 Å².